The molecule has 0 aliphatic carbocycles. The number of nitrogens with one attached hydrogen (secondary N) is 1. The molecule has 0 radical (unpaired) electrons. The van der Waals surface area contributed by atoms with Gasteiger partial charge in [0.15, 0.2) is 5.82 Å². The molecule has 0 bridgehead atoms. The molecule has 0 atom stereocenters. The number of rotatable bonds is 10. The molecule has 0 spiro atoms. The number of fused-ring (bicyclic) bond motifs is 1. The van der Waals surface area contributed by atoms with E-state index in [-0.39, 0.29) is 11.7 Å². The number of aromatic nitrogens is 6. The second kappa shape index (κ2) is 11.9. The third kappa shape index (κ3) is 5.63. The van der Waals surface area contributed by atoms with E-state index in [9.17, 15) is 9.59 Å². The second-order valence-corrected chi connectivity index (χ2v) is 10.7. The van der Waals surface area contributed by atoms with Gasteiger partial charge in [0.05, 0.1) is 11.8 Å². The lowest BCUT2D eigenvalue weighted by atomic mass is 9.96. The Kier molecular flexibility index (Phi) is 7.74. The molecule has 43 heavy (non-hydrogen) atoms. The van der Waals surface area contributed by atoms with Crippen molar-refractivity contribution in [1.82, 2.24) is 29.3 Å². The lowest BCUT2D eigenvalue weighted by molar-refractivity contribution is 0.242. The van der Waals surface area contributed by atoms with Crippen molar-refractivity contribution in [1.29, 1.82) is 0 Å². The highest BCUT2D eigenvalue weighted by molar-refractivity contribution is 5.80. The van der Waals surface area contributed by atoms with Crippen LogP contribution in [-0.2, 0) is 12.8 Å². The number of aromatic amines is 1. The molecular weight excluding hydrogens is 544 g/mol. The number of nitrogens with zero attached hydrogens (tertiary/aromatic N) is 5. The summed E-state index contributed by atoms with van der Waals surface area (Å²) in [4.78, 5) is 28.4. The Morgan fingerprint density at radius 1 is 0.953 bits per heavy atom. The van der Waals surface area contributed by atoms with E-state index in [4.69, 9.17) is 9.26 Å². The molecule has 10 nitrogen and oxygen atoms in total. The van der Waals surface area contributed by atoms with Crippen LogP contribution in [0.2, 0.25) is 0 Å². The third-order valence-electron chi connectivity index (χ3n) is 7.33. The van der Waals surface area contributed by atoms with Crippen molar-refractivity contribution in [3.8, 4) is 34.0 Å². The lowest BCUT2D eigenvalue weighted by Crippen LogP contribution is -2.28. The summed E-state index contributed by atoms with van der Waals surface area (Å²) in [6.07, 6.45) is 4.84. The molecule has 0 aliphatic rings. The van der Waals surface area contributed by atoms with Crippen LogP contribution in [0, 0.1) is 0 Å². The summed E-state index contributed by atoms with van der Waals surface area (Å²) < 4.78 is 14.1. The van der Waals surface area contributed by atoms with E-state index in [2.05, 4.69) is 27.3 Å². The number of benzene rings is 3. The van der Waals surface area contributed by atoms with Gasteiger partial charge in [-0.05, 0) is 67.6 Å². The predicted octanol–water partition coefficient (Wildman–Crippen LogP) is 5.61. The van der Waals surface area contributed by atoms with Gasteiger partial charge in [-0.2, -0.15) is 0 Å². The summed E-state index contributed by atoms with van der Waals surface area (Å²) in [5, 5.41) is 12.4. The fourth-order valence-electron chi connectivity index (χ4n) is 5.33. The van der Waals surface area contributed by atoms with Gasteiger partial charge >= 0.3 is 5.76 Å². The lowest BCUT2D eigenvalue weighted by Gasteiger charge is -2.17. The smallest absolute Gasteiger partial charge is 0.439 e. The Bertz CT molecular complexity index is 1980. The Hall–Kier alpha value is -5.25. The normalized spacial score (nSPS) is 11.4. The molecule has 1 N–H and O–H groups in total. The van der Waals surface area contributed by atoms with Gasteiger partial charge in [-0.25, -0.2) is 9.36 Å². The third-order valence-corrected chi connectivity index (χ3v) is 7.33. The van der Waals surface area contributed by atoms with Crippen molar-refractivity contribution in [2.75, 3.05) is 0 Å². The molecular formula is C33H32N6O4. The Morgan fingerprint density at radius 3 is 2.37 bits per heavy atom. The Balaban J connectivity index is 1.40. The highest BCUT2D eigenvalue weighted by Gasteiger charge is 2.20. The van der Waals surface area contributed by atoms with Crippen LogP contribution in [0.4, 0.5) is 0 Å². The number of ether oxygens (including phenoxy) is 1. The molecule has 3 aromatic heterocycles. The fourth-order valence-corrected chi connectivity index (χ4v) is 5.33. The summed E-state index contributed by atoms with van der Waals surface area (Å²) in [6, 6.07) is 23.2. The molecule has 0 fully saturated rings. The first kappa shape index (κ1) is 27.9. The largest absolute Gasteiger partial charge is 0.491 e. The fraction of sp³-hybridized carbons (Fsp3) is 0.242. The van der Waals surface area contributed by atoms with Crippen LogP contribution in [0.3, 0.4) is 0 Å². The molecule has 218 valence electrons. The van der Waals surface area contributed by atoms with Crippen molar-refractivity contribution in [2.45, 2.75) is 52.6 Å². The number of hydrogen-bond acceptors (Lipinski definition) is 7. The summed E-state index contributed by atoms with van der Waals surface area (Å²) in [7, 11) is 0. The van der Waals surface area contributed by atoms with Crippen molar-refractivity contribution in [2.24, 2.45) is 0 Å². The Labute approximate surface area is 247 Å². The summed E-state index contributed by atoms with van der Waals surface area (Å²) in [5.74, 6) is 0.988. The quantitative estimate of drug-likeness (QED) is 0.225. The van der Waals surface area contributed by atoms with Crippen LogP contribution in [0.5, 0.6) is 5.75 Å². The average molecular weight is 577 g/mol. The SMILES string of the molecule is CCCCc1c(Cc2ccc(-c3ccccc3-c3noc(=O)[nH]3)cc2)c(=O)n(-c2ccc(OC(C)C)cc2)c2nncn12. The predicted molar refractivity (Wildman–Crippen MR) is 164 cm³/mol. The van der Waals surface area contributed by atoms with E-state index >= 15 is 0 Å². The maximum atomic E-state index is 14.2. The van der Waals surface area contributed by atoms with E-state index in [1.54, 1.807) is 10.9 Å². The summed E-state index contributed by atoms with van der Waals surface area (Å²) in [6.45, 7) is 6.09. The van der Waals surface area contributed by atoms with Crippen LogP contribution in [-0.4, -0.2) is 35.4 Å². The highest BCUT2D eigenvalue weighted by atomic mass is 16.5. The van der Waals surface area contributed by atoms with Gasteiger partial charge in [0.2, 0.25) is 5.78 Å². The Morgan fingerprint density at radius 2 is 1.70 bits per heavy atom. The molecule has 0 amide bonds. The maximum Gasteiger partial charge on any atom is 0.439 e. The minimum atomic E-state index is -0.602. The molecule has 0 aliphatic heterocycles. The molecule has 3 heterocycles. The van der Waals surface area contributed by atoms with Gasteiger partial charge in [0, 0.05) is 23.2 Å². The molecule has 0 saturated carbocycles. The first-order chi connectivity index (χ1) is 20.9. The first-order valence-electron chi connectivity index (χ1n) is 14.4. The molecule has 6 aromatic rings. The monoisotopic (exact) mass is 576 g/mol. The van der Waals surface area contributed by atoms with E-state index in [0.29, 0.717) is 29.3 Å². The van der Waals surface area contributed by atoms with E-state index in [0.717, 1.165) is 53.0 Å². The van der Waals surface area contributed by atoms with Crippen LogP contribution in [0.25, 0.3) is 34.0 Å². The number of hydrogen-bond donors (Lipinski definition) is 1. The molecule has 10 heteroatoms. The van der Waals surface area contributed by atoms with E-state index in [1.807, 2.05) is 91.0 Å². The van der Waals surface area contributed by atoms with Crippen molar-refractivity contribution in [3.63, 3.8) is 0 Å². The van der Waals surface area contributed by atoms with Crippen molar-refractivity contribution in [3.05, 3.63) is 117 Å². The number of unbranched alkanes of at least 4 members (excludes halogenated alkanes) is 1. The number of aryl methyl sites for hydroxylation is 1. The zero-order valence-electron chi connectivity index (χ0n) is 24.3. The van der Waals surface area contributed by atoms with Crippen LogP contribution in [0.1, 0.15) is 50.4 Å². The van der Waals surface area contributed by atoms with E-state index < -0.39 is 5.76 Å². The van der Waals surface area contributed by atoms with Crippen LogP contribution in [0.15, 0.2) is 93.2 Å². The topological polar surface area (TPSA) is 120 Å². The molecule has 6 rings (SSSR count). The van der Waals surface area contributed by atoms with Gasteiger partial charge in [0.1, 0.15) is 12.1 Å². The molecule has 0 saturated heterocycles. The van der Waals surface area contributed by atoms with Gasteiger partial charge in [-0.1, -0.05) is 67.0 Å². The highest BCUT2D eigenvalue weighted by Crippen LogP contribution is 2.30. The second-order valence-electron chi connectivity index (χ2n) is 10.7. The van der Waals surface area contributed by atoms with Crippen molar-refractivity contribution < 1.29 is 9.26 Å². The molecule has 3 aromatic carbocycles. The summed E-state index contributed by atoms with van der Waals surface area (Å²) >= 11 is 0. The van der Waals surface area contributed by atoms with Gasteiger partial charge in [-0.3, -0.25) is 18.7 Å². The van der Waals surface area contributed by atoms with Gasteiger partial charge in [0.25, 0.3) is 5.56 Å². The average Bonchev–Trinajstić information content (AvgIpc) is 3.67. The minimum absolute atomic E-state index is 0.0486. The van der Waals surface area contributed by atoms with Crippen LogP contribution < -0.4 is 16.1 Å². The van der Waals surface area contributed by atoms with Crippen LogP contribution >= 0.6 is 0 Å². The van der Waals surface area contributed by atoms with Crippen molar-refractivity contribution >= 4 is 5.78 Å². The van der Waals surface area contributed by atoms with Gasteiger partial charge < -0.3 is 4.74 Å². The van der Waals surface area contributed by atoms with Gasteiger partial charge in [-0.15, -0.1) is 10.2 Å². The standard InChI is InChI=1S/C33H32N6O4/c1-4-5-10-29-28(31(40)39(32-36-34-20-38(29)32)24-15-17-25(18-16-24)42-21(2)3)19-22-11-13-23(14-12-22)26-8-6-7-9-27(26)30-35-33(41)43-37-30/h6-9,11-18,20-21H,4-5,10,19H2,1-3H3,(H,35,37,41). The zero-order chi connectivity index (χ0) is 29.9. The number of H-pyrrole nitrogens is 1. The first-order valence-corrected chi connectivity index (χ1v) is 14.4. The summed E-state index contributed by atoms with van der Waals surface area (Å²) in [5.41, 5.74) is 5.81. The minimum Gasteiger partial charge on any atom is -0.491 e. The van der Waals surface area contributed by atoms with E-state index in [1.165, 1.54) is 0 Å². The molecule has 0 unspecified atom stereocenters. The maximum absolute atomic E-state index is 14.2. The zero-order valence-corrected chi connectivity index (χ0v) is 24.3.